The van der Waals surface area contributed by atoms with E-state index in [4.69, 9.17) is 10.6 Å². The van der Waals surface area contributed by atoms with E-state index in [1.54, 1.807) is 17.8 Å². The number of hydrogen-bond donors (Lipinski definition) is 2. The van der Waals surface area contributed by atoms with E-state index in [0.29, 0.717) is 11.3 Å². The number of amides is 2. The van der Waals surface area contributed by atoms with Gasteiger partial charge in [0.2, 0.25) is 0 Å². The molecular weight excluding hydrogens is 506 g/mol. The highest BCUT2D eigenvalue weighted by atomic mass is 32.2. The van der Waals surface area contributed by atoms with Gasteiger partial charge in [-0.05, 0) is 6.07 Å². The first-order valence-electron chi connectivity index (χ1n) is 10.6. The second-order valence-electron chi connectivity index (χ2n) is 7.92. The van der Waals surface area contributed by atoms with Gasteiger partial charge < -0.3 is 25.8 Å². The van der Waals surface area contributed by atoms with Crippen LogP contribution in [-0.4, -0.2) is 62.6 Å². The van der Waals surface area contributed by atoms with Gasteiger partial charge in [-0.1, -0.05) is 5.16 Å². The molecule has 184 valence electrons. The smallest absolute Gasteiger partial charge is 0.276 e. The lowest BCUT2D eigenvalue weighted by atomic mass is 10.0. The first kappa shape index (κ1) is 23.7. The number of carboxylic acids is 1. The number of pyridine rings is 2. The van der Waals surface area contributed by atoms with E-state index in [9.17, 15) is 19.5 Å². The van der Waals surface area contributed by atoms with Crippen LogP contribution >= 0.6 is 23.1 Å². The standard InChI is InChI=1S/C22H19N7O5S2/c1-34-27-15(14-10-36-22(23)25-14)18(30)26-16-19(31)29-17(21(32)33)13(9-35-20(16)29)8-28-5-3-11-6-24-4-2-12(11)7-28/h2-7,10,16,20H,8-9H2,1H3,(H3-,23,25,26,30,32,33)/b27-15-/t16-,20-/m1/s1. The van der Waals surface area contributed by atoms with E-state index in [1.807, 2.05) is 29.1 Å². The molecule has 0 spiro atoms. The van der Waals surface area contributed by atoms with Crippen LogP contribution in [0.5, 0.6) is 0 Å². The van der Waals surface area contributed by atoms with Crippen molar-refractivity contribution in [3.63, 3.8) is 0 Å². The average molecular weight is 526 g/mol. The summed E-state index contributed by atoms with van der Waals surface area (Å²) in [5, 5.41) is 21.5. The molecule has 0 saturated carbocycles. The first-order valence-corrected chi connectivity index (χ1v) is 12.5. The number of hydrogen-bond acceptors (Lipinski definition) is 11. The van der Waals surface area contributed by atoms with Gasteiger partial charge >= 0.3 is 0 Å². The van der Waals surface area contributed by atoms with Crippen LogP contribution in [0.1, 0.15) is 5.69 Å². The molecule has 5 heterocycles. The van der Waals surface area contributed by atoms with Gasteiger partial charge in [0.15, 0.2) is 29.8 Å². The van der Waals surface area contributed by atoms with Crippen LogP contribution in [0.4, 0.5) is 5.13 Å². The normalized spacial score (nSPS) is 19.6. The number of anilines is 1. The number of fused-ring (bicyclic) bond motifs is 2. The number of rotatable bonds is 7. The van der Waals surface area contributed by atoms with Gasteiger partial charge in [-0.25, -0.2) is 9.55 Å². The molecule has 0 unspecified atom stereocenters. The number of aromatic nitrogens is 3. The second kappa shape index (κ2) is 9.54. The molecule has 1 fully saturated rings. The maximum absolute atomic E-state index is 13.0. The van der Waals surface area contributed by atoms with E-state index in [2.05, 4.69) is 20.4 Å². The van der Waals surface area contributed by atoms with Crippen molar-refractivity contribution < 1.29 is 28.9 Å². The summed E-state index contributed by atoms with van der Waals surface area (Å²) >= 11 is 2.48. The molecular formula is C22H19N7O5S2. The molecule has 0 aliphatic carbocycles. The summed E-state index contributed by atoms with van der Waals surface area (Å²) in [6.45, 7) is 0.262. The van der Waals surface area contributed by atoms with Crippen molar-refractivity contribution >= 4 is 62.5 Å². The van der Waals surface area contributed by atoms with Crippen molar-refractivity contribution in [1.82, 2.24) is 20.2 Å². The van der Waals surface area contributed by atoms with Crippen molar-refractivity contribution in [2.45, 2.75) is 18.0 Å². The lowest BCUT2D eigenvalue weighted by Crippen LogP contribution is -2.71. The molecule has 3 N–H and O–H groups in total. The zero-order valence-electron chi connectivity index (χ0n) is 18.8. The van der Waals surface area contributed by atoms with Gasteiger partial charge in [0.25, 0.3) is 11.8 Å². The van der Waals surface area contributed by atoms with Crippen molar-refractivity contribution in [3.05, 3.63) is 59.3 Å². The van der Waals surface area contributed by atoms with Crippen LogP contribution < -0.4 is 20.7 Å². The Hall–Kier alpha value is -4.04. The fourth-order valence-electron chi connectivity index (χ4n) is 4.09. The summed E-state index contributed by atoms with van der Waals surface area (Å²) in [6.07, 6.45) is 7.13. The topological polar surface area (TPSA) is 167 Å². The summed E-state index contributed by atoms with van der Waals surface area (Å²) in [5.41, 5.74) is 6.07. The zero-order valence-corrected chi connectivity index (χ0v) is 20.4. The molecule has 2 aliphatic heterocycles. The number of carbonyl (C=O) groups is 3. The van der Waals surface area contributed by atoms with E-state index in [0.717, 1.165) is 22.1 Å². The molecule has 0 radical (unpaired) electrons. The number of oxime groups is 1. The third-order valence-electron chi connectivity index (χ3n) is 5.70. The highest BCUT2D eigenvalue weighted by molar-refractivity contribution is 8.00. The van der Waals surface area contributed by atoms with Gasteiger partial charge in [-0.15, -0.1) is 23.1 Å². The molecule has 1 saturated heterocycles. The molecule has 14 heteroatoms. The van der Waals surface area contributed by atoms with Crippen molar-refractivity contribution in [2.75, 3.05) is 18.6 Å². The Labute approximate surface area is 212 Å². The number of nitrogens with zero attached hydrogens (tertiary/aromatic N) is 5. The number of β-lactam (4-membered cyclic amide) rings is 1. The van der Waals surface area contributed by atoms with Crippen LogP contribution in [0.25, 0.3) is 10.8 Å². The highest BCUT2D eigenvalue weighted by Gasteiger charge is 2.53. The number of nitrogens with two attached hydrogens (primary N) is 1. The zero-order chi connectivity index (χ0) is 25.4. The number of thioether (sulfide) groups is 1. The monoisotopic (exact) mass is 525 g/mol. The molecule has 3 aromatic rings. The summed E-state index contributed by atoms with van der Waals surface area (Å²) in [5.74, 6) is -2.35. The number of thiazole rings is 1. The average Bonchev–Trinajstić information content (AvgIpc) is 3.30. The van der Waals surface area contributed by atoms with E-state index in [-0.39, 0.29) is 28.8 Å². The Balaban J connectivity index is 1.36. The molecule has 2 aliphatic rings. The predicted octanol–water partition coefficient (Wildman–Crippen LogP) is -0.984. The van der Waals surface area contributed by atoms with Crippen molar-refractivity contribution in [3.8, 4) is 0 Å². The van der Waals surface area contributed by atoms with Crippen LogP contribution in [0.3, 0.4) is 0 Å². The van der Waals surface area contributed by atoms with E-state index >= 15 is 0 Å². The minimum atomic E-state index is -1.45. The molecule has 12 nitrogen and oxygen atoms in total. The lowest BCUT2D eigenvalue weighted by Gasteiger charge is -2.50. The van der Waals surface area contributed by atoms with Gasteiger partial charge in [0, 0.05) is 45.9 Å². The molecule has 36 heavy (non-hydrogen) atoms. The lowest BCUT2D eigenvalue weighted by molar-refractivity contribution is -0.687. The Bertz CT molecular complexity index is 1450. The Morgan fingerprint density at radius 1 is 1.39 bits per heavy atom. The van der Waals surface area contributed by atoms with Crippen LogP contribution in [0, 0.1) is 0 Å². The summed E-state index contributed by atoms with van der Waals surface area (Å²) < 4.78 is 1.85. The molecule has 3 aromatic heterocycles. The summed E-state index contributed by atoms with van der Waals surface area (Å²) in [6, 6.07) is 2.80. The third-order valence-corrected chi connectivity index (χ3v) is 7.71. The molecule has 5 rings (SSSR count). The Morgan fingerprint density at radius 3 is 2.94 bits per heavy atom. The minimum absolute atomic E-state index is 0.142. The second-order valence-corrected chi connectivity index (χ2v) is 9.91. The SMILES string of the molecule is CO/N=C(\C(=O)N[C@@H]1C(=O)N2C(C(=O)[O-])=C(C[n+]3ccc4cnccc4c3)CS[C@H]12)c1csc(N)n1. The van der Waals surface area contributed by atoms with Gasteiger partial charge in [0.1, 0.15) is 24.2 Å². The number of nitrogen functional groups attached to an aromatic ring is 1. The van der Waals surface area contributed by atoms with E-state index < -0.39 is 29.2 Å². The summed E-state index contributed by atoms with van der Waals surface area (Å²) in [7, 11) is 1.28. The van der Waals surface area contributed by atoms with E-state index in [1.165, 1.54) is 23.8 Å². The third kappa shape index (κ3) is 4.24. The fraction of sp³-hybridized carbons (Fsp3) is 0.227. The first-order chi connectivity index (χ1) is 17.4. The number of nitrogens with one attached hydrogen (secondary N) is 1. The molecule has 2 amide bonds. The van der Waals surface area contributed by atoms with Gasteiger partial charge in [-0.3, -0.25) is 19.5 Å². The Kier molecular flexibility index (Phi) is 6.28. The predicted molar refractivity (Wildman–Crippen MR) is 129 cm³/mol. The van der Waals surface area contributed by atoms with Gasteiger partial charge in [-0.2, -0.15) is 0 Å². The Morgan fingerprint density at radius 2 is 2.22 bits per heavy atom. The molecule has 0 bridgehead atoms. The van der Waals surface area contributed by atoms with Crippen LogP contribution in [0.2, 0.25) is 0 Å². The molecule has 2 atom stereocenters. The van der Waals surface area contributed by atoms with Crippen LogP contribution in [0.15, 0.2) is 58.7 Å². The molecule has 0 aromatic carbocycles. The summed E-state index contributed by atoms with van der Waals surface area (Å²) in [4.78, 5) is 52.0. The number of carbonyl (C=O) groups excluding carboxylic acids is 3. The number of aliphatic carboxylic acids is 1. The van der Waals surface area contributed by atoms with Gasteiger partial charge in [0.05, 0.1) is 11.7 Å². The maximum atomic E-state index is 13.0. The maximum Gasteiger partial charge on any atom is 0.276 e. The largest absolute Gasteiger partial charge is 0.543 e. The highest BCUT2D eigenvalue weighted by Crippen LogP contribution is 2.40. The van der Waals surface area contributed by atoms with Crippen molar-refractivity contribution in [1.29, 1.82) is 0 Å². The quantitative estimate of drug-likeness (QED) is 0.170. The minimum Gasteiger partial charge on any atom is -0.543 e. The van der Waals surface area contributed by atoms with Crippen LogP contribution in [-0.2, 0) is 25.8 Å². The number of carboxylic acid groups (broad SMARTS) is 1. The van der Waals surface area contributed by atoms with Crippen molar-refractivity contribution in [2.24, 2.45) is 5.16 Å². The fourth-order valence-corrected chi connectivity index (χ4v) is 5.97.